The minimum absolute atomic E-state index is 0.241. The van der Waals surface area contributed by atoms with Crippen molar-refractivity contribution in [3.8, 4) is 12.3 Å². The van der Waals surface area contributed by atoms with Crippen molar-refractivity contribution in [2.45, 2.75) is 6.61 Å². The summed E-state index contributed by atoms with van der Waals surface area (Å²) >= 11 is 11.5. The molecule has 0 saturated carbocycles. The first-order valence-corrected chi connectivity index (χ1v) is 4.31. The summed E-state index contributed by atoms with van der Waals surface area (Å²) in [6.07, 6.45) is 5.01. The molecule has 13 heavy (non-hydrogen) atoms. The molecule has 68 valence electrons. The van der Waals surface area contributed by atoms with Crippen molar-refractivity contribution in [2.24, 2.45) is 0 Å². The second-order valence-electron chi connectivity index (χ2n) is 2.26. The fraction of sp³-hybridized carbons (Fsp3) is 0.222. The van der Waals surface area contributed by atoms with Gasteiger partial charge in [-0.1, -0.05) is 29.1 Å². The normalized spacial score (nSPS) is 9.62. The van der Waals surface area contributed by atoms with Gasteiger partial charge < -0.3 is 4.74 Å². The summed E-state index contributed by atoms with van der Waals surface area (Å²) in [5.74, 6) is 2.35. The van der Waals surface area contributed by atoms with E-state index in [2.05, 4.69) is 10.9 Å². The van der Waals surface area contributed by atoms with E-state index < -0.39 is 0 Å². The molecule has 0 atom stereocenters. The highest BCUT2D eigenvalue weighted by Gasteiger charge is 2.02. The van der Waals surface area contributed by atoms with E-state index in [1.54, 1.807) is 12.1 Å². The summed E-state index contributed by atoms with van der Waals surface area (Å²) in [5, 5.41) is 0.921. The maximum absolute atomic E-state index is 5.82. The third-order valence-electron chi connectivity index (χ3n) is 1.31. The molecule has 0 amide bonds. The van der Waals surface area contributed by atoms with Crippen molar-refractivity contribution < 1.29 is 4.74 Å². The van der Waals surface area contributed by atoms with E-state index in [1.807, 2.05) is 0 Å². The van der Waals surface area contributed by atoms with Gasteiger partial charge in [0.25, 0.3) is 0 Å². The molecule has 2 nitrogen and oxygen atoms in total. The third kappa shape index (κ3) is 3.23. The molecule has 0 unspecified atom stereocenters. The van der Waals surface area contributed by atoms with Crippen molar-refractivity contribution >= 4 is 23.2 Å². The number of terminal acetylenes is 1. The van der Waals surface area contributed by atoms with Crippen LogP contribution in [0, 0.1) is 12.3 Å². The molecule has 1 aromatic heterocycles. The molecule has 0 aliphatic rings. The monoisotopic (exact) mass is 215 g/mol. The second-order valence-corrected chi connectivity index (χ2v) is 3.05. The number of hydrogen-bond acceptors (Lipinski definition) is 2. The molecular weight excluding hydrogens is 209 g/mol. The molecule has 4 heteroatoms. The zero-order chi connectivity index (χ0) is 9.68. The molecule has 0 aliphatic heterocycles. The Kier molecular flexibility index (Phi) is 4.04. The minimum Gasteiger partial charge on any atom is -0.362 e. The zero-order valence-corrected chi connectivity index (χ0v) is 8.27. The predicted molar refractivity (Wildman–Crippen MR) is 52.7 cm³/mol. The Bertz CT molecular complexity index is 333. The summed E-state index contributed by atoms with van der Waals surface area (Å²) in [6, 6.07) is 3.29. The van der Waals surface area contributed by atoms with Gasteiger partial charge in [-0.05, 0) is 12.1 Å². The molecule has 0 aliphatic carbocycles. The molecule has 0 aromatic carbocycles. The zero-order valence-electron chi connectivity index (χ0n) is 6.76. The number of pyridine rings is 1. The van der Waals surface area contributed by atoms with Gasteiger partial charge in [-0.25, -0.2) is 4.98 Å². The van der Waals surface area contributed by atoms with Crippen molar-refractivity contribution in [2.75, 3.05) is 6.61 Å². The Morgan fingerprint density at radius 1 is 1.46 bits per heavy atom. The van der Waals surface area contributed by atoms with Gasteiger partial charge >= 0.3 is 0 Å². The Labute approximate surface area is 86.8 Å². The number of aromatic nitrogens is 1. The first-order chi connectivity index (χ1) is 6.24. The summed E-state index contributed by atoms with van der Waals surface area (Å²) in [7, 11) is 0. The van der Waals surface area contributed by atoms with Gasteiger partial charge in [0.05, 0.1) is 17.3 Å². The largest absolute Gasteiger partial charge is 0.362 e. The molecule has 0 N–H and O–H groups in total. The number of nitrogens with zero attached hydrogens (tertiary/aromatic N) is 1. The summed E-state index contributed by atoms with van der Waals surface area (Å²) in [6.45, 7) is 0.522. The lowest BCUT2D eigenvalue weighted by atomic mass is 10.4. The Morgan fingerprint density at radius 3 is 2.92 bits per heavy atom. The molecule has 1 rings (SSSR count). The summed E-state index contributed by atoms with van der Waals surface area (Å²) < 4.78 is 5.06. The fourth-order valence-corrected chi connectivity index (χ4v) is 1.09. The van der Waals surface area contributed by atoms with Crippen molar-refractivity contribution in [3.05, 3.63) is 28.0 Å². The van der Waals surface area contributed by atoms with Crippen LogP contribution in [0.5, 0.6) is 0 Å². The van der Waals surface area contributed by atoms with E-state index in [0.29, 0.717) is 15.9 Å². The molecule has 0 saturated heterocycles. The lowest BCUT2D eigenvalue weighted by molar-refractivity contribution is 0.150. The Morgan fingerprint density at radius 2 is 2.23 bits per heavy atom. The van der Waals surface area contributed by atoms with Gasteiger partial charge in [0.2, 0.25) is 0 Å². The van der Waals surface area contributed by atoms with E-state index in [1.165, 1.54) is 0 Å². The van der Waals surface area contributed by atoms with Gasteiger partial charge in [-0.2, -0.15) is 0 Å². The first-order valence-electron chi connectivity index (χ1n) is 3.56. The average molecular weight is 216 g/mol. The predicted octanol–water partition coefficient (Wildman–Crippen LogP) is 2.54. The minimum atomic E-state index is 0.241. The average Bonchev–Trinajstić information content (AvgIpc) is 2.11. The molecule has 0 spiro atoms. The van der Waals surface area contributed by atoms with E-state index in [9.17, 15) is 0 Å². The topological polar surface area (TPSA) is 22.1 Å². The Hall–Kier alpha value is -0.750. The smallest absolute Gasteiger partial charge is 0.129 e. The van der Waals surface area contributed by atoms with Gasteiger partial charge in [0, 0.05) is 0 Å². The highest BCUT2D eigenvalue weighted by Crippen LogP contribution is 2.17. The number of ether oxygens (including phenoxy) is 1. The number of rotatable bonds is 3. The first kappa shape index (κ1) is 10.3. The van der Waals surface area contributed by atoms with Crippen molar-refractivity contribution in [3.63, 3.8) is 0 Å². The van der Waals surface area contributed by atoms with E-state index >= 15 is 0 Å². The van der Waals surface area contributed by atoms with E-state index in [4.69, 9.17) is 34.4 Å². The van der Waals surface area contributed by atoms with Crippen LogP contribution < -0.4 is 0 Å². The molecule has 1 heterocycles. The molecular formula is C9H7Cl2NO. The maximum atomic E-state index is 5.82. The lowest BCUT2D eigenvalue weighted by Crippen LogP contribution is -1.97. The highest BCUT2D eigenvalue weighted by atomic mass is 35.5. The van der Waals surface area contributed by atoms with Crippen LogP contribution in [-0.2, 0) is 11.3 Å². The van der Waals surface area contributed by atoms with Gasteiger partial charge in [-0.15, -0.1) is 6.42 Å². The SMILES string of the molecule is C#CCOCc1nc(Cl)ccc1Cl. The van der Waals surface area contributed by atoms with Crippen LogP contribution in [0.15, 0.2) is 12.1 Å². The molecule has 0 fully saturated rings. The van der Waals surface area contributed by atoms with Crippen LogP contribution in [0.25, 0.3) is 0 Å². The van der Waals surface area contributed by atoms with E-state index in [-0.39, 0.29) is 13.2 Å². The molecule has 0 bridgehead atoms. The third-order valence-corrected chi connectivity index (χ3v) is 1.86. The second kappa shape index (κ2) is 5.08. The standard InChI is InChI=1S/C9H7Cl2NO/c1-2-5-13-6-8-7(10)3-4-9(11)12-8/h1,3-4H,5-6H2. The van der Waals surface area contributed by atoms with E-state index in [0.717, 1.165) is 0 Å². The molecule has 1 aromatic rings. The van der Waals surface area contributed by atoms with Crippen molar-refractivity contribution in [1.29, 1.82) is 0 Å². The van der Waals surface area contributed by atoms with Gasteiger partial charge in [0.1, 0.15) is 11.8 Å². The highest BCUT2D eigenvalue weighted by molar-refractivity contribution is 6.32. The van der Waals surface area contributed by atoms with Crippen LogP contribution in [-0.4, -0.2) is 11.6 Å². The number of hydrogen-bond donors (Lipinski definition) is 0. The van der Waals surface area contributed by atoms with Crippen LogP contribution in [0.1, 0.15) is 5.69 Å². The van der Waals surface area contributed by atoms with Crippen LogP contribution in [0.3, 0.4) is 0 Å². The van der Waals surface area contributed by atoms with Crippen LogP contribution in [0.2, 0.25) is 10.2 Å². The van der Waals surface area contributed by atoms with Crippen LogP contribution >= 0.6 is 23.2 Å². The maximum Gasteiger partial charge on any atom is 0.129 e. The van der Waals surface area contributed by atoms with Gasteiger partial charge in [0.15, 0.2) is 0 Å². The van der Waals surface area contributed by atoms with Crippen LogP contribution in [0.4, 0.5) is 0 Å². The summed E-state index contributed by atoms with van der Waals surface area (Å²) in [5.41, 5.74) is 0.601. The number of halogens is 2. The van der Waals surface area contributed by atoms with Gasteiger partial charge in [-0.3, -0.25) is 0 Å². The molecule has 0 radical (unpaired) electrons. The fourth-order valence-electron chi connectivity index (χ4n) is 0.766. The lowest BCUT2D eigenvalue weighted by Gasteiger charge is -2.02. The van der Waals surface area contributed by atoms with Crippen molar-refractivity contribution in [1.82, 2.24) is 4.98 Å². The Balaban J connectivity index is 2.65. The quantitative estimate of drug-likeness (QED) is 0.440. The summed E-state index contributed by atoms with van der Waals surface area (Å²) in [4.78, 5) is 3.98.